The second-order valence-corrected chi connectivity index (χ2v) is 4.74. The number of aromatic nitrogens is 2. The minimum atomic E-state index is 0.404. The largest absolute Gasteiger partial charge is 0.494 e. The molecule has 0 aliphatic heterocycles. The van der Waals surface area contributed by atoms with Crippen LogP contribution in [0.3, 0.4) is 0 Å². The van der Waals surface area contributed by atoms with Crippen molar-refractivity contribution in [2.24, 2.45) is 0 Å². The van der Waals surface area contributed by atoms with Gasteiger partial charge in [-0.3, -0.25) is 0 Å². The molecule has 1 saturated carbocycles. The predicted octanol–water partition coefficient (Wildman–Crippen LogP) is 2.46. The minimum Gasteiger partial charge on any atom is -0.494 e. The molecular formula is C14H18N4O2. The first-order valence-electron chi connectivity index (χ1n) is 6.89. The Morgan fingerprint density at radius 1 is 1.25 bits per heavy atom. The van der Waals surface area contributed by atoms with Crippen molar-refractivity contribution >= 4 is 11.7 Å². The van der Waals surface area contributed by atoms with E-state index in [1.54, 1.807) is 0 Å². The van der Waals surface area contributed by atoms with E-state index in [0.717, 1.165) is 11.4 Å². The molecule has 20 heavy (non-hydrogen) atoms. The Labute approximate surface area is 117 Å². The van der Waals surface area contributed by atoms with E-state index in [0.29, 0.717) is 31.1 Å². The lowest BCUT2D eigenvalue weighted by atomic mass is 10.3. The van der Waals surface area contributed by atoms with Crippen molar-refractivity contribution < 1.29 is 9.15 Å². The van der Waals surface area contributed by atoms with Gasteiger partial charge in [0, 0.05) is 11.7 Å². The highest BCUT2D eigenvalue weighted by Crippen LogP contribution is 2.21. The van der Waals surface area contributed by atoms with Gasteiger partial charge < -0.3 is 19.8 Å². The first-order valence-corrected chi connectivity index (χ1v) is 6.89. The standard InChI is InChI=1S/C14H18N4O2/c1-2-19-12-7-5-11(6-8-12)16-14-18-17-13(20-14)9-15-10-3-4-10/h5-8,10,15H,2-4,9H2,1H3,(H,16,18). The highest BCUT2D eigenvalue weighted by Gasteiger charge is 2.21. The quantitative estimate of drug-likeness (QED) is 0.808. The summed E-state index contributed by atoms with van der Waals surface area (Å²) in [5, 5.41) is 14.4. The molecule has 1 aromatic carbocycles. The van der Waals surface area contributed by atoms with Crippen molar-refractivity contribution in [2.75, 3.05) is 11.9 Å². The number of nitrogens with zero attached hydrogens (tertiary/aromatic N) is 2. The van der Waals surface area contributed by atoms with Gasteiger partial charge >= 0.3 is 6.01 Å². The average Bonchev–Trinajstić information content (AvgIpc) is 3.19. The van der Waals surface area contributed by atoms with Gasteiger partial charge in [-0.25, -0.2) is 0 Å². The Morgan fingerprint density at radius 3 is 2.75 bits per heavy atom. The van der Waals surface area contributed by atoms with Gasteiger partial charge in [0.2, 0.25) is 5.89 Å². The van der Waals surface area contributed by atoms with Crippen LogP contribution in [0, 0.1) is 0 Å². The number of hydrogen-bond donors (Lipinski definition) is 2. The summed E-state index contributed by atoms with van der Waals surface area (Å²) in [6.45, 7) is 3.25. The fraction of sp³-hybridized carbons (Fsp3) is 0.429. The van der Waals surface area contributed by atoms with E-state index >= 15 is 0 Å². The van der Waals surface area contributed by atoms with Gasteiger partial charge in [0.25, 0.3) is 0 Å². The van der Waals surface area contributed by atoms with Crippen molar-refractivity contribution in [1.29, 1.82) is 0 Å². The van der Waals surface area contributed by atoms with E-state index in [-0.39, 0.29) is 0 Å². The van der Waals surface area contributed by atoms with Crippen LogP contribution in [-0.2, 0) is 6.54 Å². The van der Waals surface area contributed by atoms with Gasteiger partial charge in [0.15, 0.2) is 0 Å². The first kappa shape index (κ1) is 12.9. The monoisotopic (exact) mass is 274 g/mol. The van der Waals surface area contributed by atoms with Crippen molar-refractivity contribution in [3.8, 4) is 5.75 Å². The third-order valence-electron chi connectivity index (χ3n) is 3.00. The van der Waals surface area contributed by atoms with Crippen LogP contribution in [0.4, 0.5) is 11.7 Å². The summed E-state index contributed by atoms with van der Waals surface area (Å²) >= 11 is 0. The highest BCUT2D eigenvalue weighted by atomic mass is 16.5. The number of anilines is 2. The van der Waals surface area contributed by atoms with E-state index in [4.69, 9.17) is 9.15 Å². The molecule has 1 fully saturated rings. The molecule has 1 aliphatic rings. The van der Waals surface area contributed by atoms with Crippen molar-refractivity contribution in [2.45, 2.75) is 32.4 Å². The second kappa shape index (κ2) is 5.92. The molecule has 1 aromatic heterocycles. The van der Waals surface area contributed by atoms with Gasteiger partial charge in [0.1, 0.15) is 5.75 Å². The minimum absolute atomic E-state index is 0.404. The van der Waals surface area contributed by atoms with Crippen LogP contribution in [0.25, 0.3) is 0 Å². The summed E-state index contributed by atoms with van der Waals surface area (Å²) in [6.07, 6.45) is 2.48. The maximum atomic E-state index is 5.52. The van der Waals surface area contributed by atoms with Gasteiger partial charge in [0.05, 0.1) is 13.2 Å². The summed E-state index contributed by atoms with van der Waals surface area (Å²) in [7, 11) is 0. The lowest BCUT2D eigenvalue weighted by Crippen LogP contribution is -2.15. The third kappa shape index (κ3) is 3.48. The molecular weight excluding hydrogens is 256 g/mol. The zero-order chi connectivity index (χ0) is 13.8. The predicted molar refractivity (Wildman–Crippen MR) is 75.1 cm³/mol. The van der Waals surface area contributed by atoms with Crippen molar-refractivity contribution in [1.82, 2.24) is 15.5 Å². The number of hydrogen-bond acceptors (Lipinski definition) is 6. The van der Waals surface area contributed by atoms with E-state index < -0.39 is 0 Å². The number of rotatable bonds is 7. The lowest BCUT2D eigenvalue weighted by Gasteiger charge is -2.04. The molecule has 0 spiro atoms. The Bertz CT molecular complexity index is 549. The Hall–Kier alpha value is -2.08. The Kier molecular flexibility index (Phi) is 3.83. The Morgan fingerprint density at radius 2 is 2.05 bits per heavy atom. The summed E-state index contributed by atoms with van der Waals surface area (Å²) in [4.78, 5) is 0. The third-order valence-corrected chi connectivity index (χ3v) is 3.00. The molecule has 6 heteroatoms. The van der Waals surface area contributed by atoms with E-state index in [1.165, 1.54) is 12.8 Å². The molecule has 3 rings (SSSR count). The van der Waals surface area contributed by atoms with Crippen LogP contribution in [0.15, 0.2) is 28.7 Å². The lowest BCUT2D eigenvalue weighted by molar-refractivity contribution is 0.340. The van der Waals surface area contributed by atoms with Crippen LogP contribution in [-0.4, -0.2) is 22.8 Å². The fourth-order valence-corrected chi connectivity index (χ4v) is 1.82. The number of benzene rings is 1. The number of nitrogens with one attached hydrogen (secondary N) is 2. The van der Waals surface area contributed by atoms with Crippen LogP contribution < -0.4 is 15.4 Å². The SMILES string of the molecule is CCOc1ccc(Nc2nnc(CNC3CC3)o2)cc1. The van der Waals surface area contributed by atoms with Crippen LogP contribution >= 0.6 is 0 Å². The molecule has 0 bridgehead atoms. The van der Waals surface area contributed by atoms with E-state index in [2.05, 4.69) is 20.8 Å². The molecule has 0 radical (unpaired) electrons. The second-order valence-electron chi connectivity index (χ2n) is 4.74. The molecule has 1 aliphatic carbocycles. The topological polar surface area (TPSA) is 72.2 Å². The summed E-state index contributed by atoms with van der Waals surface area (Å²) in [6, 6.07) is 8.66. The van der Waals surface area contributed by atoms with Gasteiger partial charge in [-0.15, -0.1) is 5.10 Å². The average molecular weight is 274 g/mol. The fourth-order valence-electron chi connectivity index (χ4n) is 1.82. The van der Waals surface area contributed by atoms with Gasteiger partial charge in [-0.2, -0.15) is 0 Å². The number of ether oxygens (including phenoxy) is 1. The molecule has 6 nitrogen and oxygen atoms in total. The van der Waals surface area contributed by atoms with E-state index in [9.17, 15) is 0 Å². The van der Waals surface area contributed by atoms with E-state index in [1.807, 2.05) is 31.2 Å². The van der Waals surface area contributed by atoms with Gasteiger partial charge in [-0.1, -0.05) is 5.10 Å². The molecule has 0 amide bonds. The smallest absolute Gasteiger partial charge is 0.320 e. The summed E-state index contributed by atoms with van der Waals surface area (Å²) < 4.78 is 10.9. The van der Waals surface area contributed by atoms with Crippen LogP contribution in [0.2, 0.25) is 0 Å². The normalized spacial score (nSPS) is 14.2. The van der Waals surface area contributed by atoms with Crippen LogP contribution in [0.5, 0.6) is 5.75 Å². The molecule has 0 saturated heterocycles. The summed E-state index contributed by atoms with van der Waals surface area (Å²) in [5.41, 5.74) is 0.888. The first-order chi connectivity index (χ1) is 9.83. The molecule has 106 valence electrons. The molecule has 0 atom stereocenters. The molecule has 1 heterocycles. The maximum Gasteiger partial charge on any atom is 0.320 e. The maximum absolute atomic E-state index is 5.52. The zero-order valence-corrected chi connectivity index (χ0v) is 11.4. The molecule has 0 unspecified atom stereocenters. The molecule has 2 N–H and O–H groups in total. The Balaban J connectivity index is 1.56. The summed E-state index contributed by atoms with van der Waals surface area (Å²) in [5.74, 6) is 1.45. The van der Waals surface area contributed by atoms with Gasteiger partial charge in [-0.05, 0) is 44.0 Å². The van der Waals surface area contributed by atoms with Crippen molar-refractivity contribution in [3.63, 3.8) is 0 Å². The van der Waals surface area contributed by atoms with Crippen molar-refractivity contribution in [3.05, 3.63) is 30.2 Å². The van der Waals surface area contributed by atoms with Crippen LogP contribution in [0.1, 0.15) is 25.7 Å². The highest BCUT2D eigenvalue weighted by molar-refractivity contribution is 5.53. The zero-order valence-electron chi connectivity index (χ0n) is 11.4. The molecule has 2 aromatic rings.